The van der Waals surface area contributed by atoms with E-state index in [1.54, 1.807) is 26.4 Å². The minimum atomic E-state index is -0.462. The summed E-state index contributed by atoms with van der Waals surface area (Å²) < 4.78 is 10.8. The van der Waals surface area contributed by atoms with Gasteiger partial charge in [0, 0.05) is 29.7 Å². The molecule has 1 atom stereocenters. The van der Waals surface area contributed by atoms with E-state index >= 15 is 0 Å². The number of hydrogen-bond donors (Lipinski definition) is 2. The van der Waals surface area contributed by atoms with Gasteiger partial charge >= 0.3 is 0 Å². The second kappa shape index (κ2) is 8.85. The van der Waals surface area contributed by atoms with Crippen LogP contribution in [-0.4, -0.2) is 30.1 Å². The topological polar surface area (TPSA) is 93.3 Å². The van der Waals surface area contributed by atoms with Crippen molar-refractivity contribution in [2.45, 2.75) is 30.2 Å². The summed E-state index contributed by atoms with van der Waals surface area (Å²) in [6.07, 6.45) is 0.135. The Morgan fingerprint density at radius 3 is 2.68 bits per heavy atom. The van der Waals surface area contributed by atoms with Crippen LogP contribution in [0.4, 0.5) is 5.82 Å². The van der Waals surface area contributed by atoms with Gasteiger partial charge in [0.25, 0.3) is 5.56 Å². The van der Waals surface area contributed by atoms with E-state index in [-0.39, 0.29) is 17.9 Å². The molecule has 1 aromatic heterocycles. The van der Waals surface area contributed by atoms with Gasteiger partial charge in [-0.05, 0) is 24.1 Å². The molecule has 160 valence electrons. The molecule has 2 N–H and O–H groups in total. The van der Waals surface area contributed by atoms with Crippen molar-refractivity contribution in [2.75, 3.05) is 19.5 Å². The number of amides is 1. The predicted molar refractivity (Wildman–Crippen MR) is 120 cm³/mol. The molecule has 1 aliphatic rings. The lowest BCUT2D eigenvalue weighted by molar-refractivity contribution is -0.116. The highest BCUT2D eigenvalue weighted by atomic mass is 32.2. The third-order valence-corrected chi connectivity index (χ3v) is 6.29. The number of rotatable bonds is 6. The number of anilines is 1. The first-order valence-electron chi connectivity index (χ1n) is 9.83. The van der Waals surface area contributed by atoms with Gasteiger partial charge < -0.3 is 19.8 Å². The van der Waals surface area contributed by atoms with Gasteiger partial charge in [0.15, 0.2) is 5.16 Å². The van der Waals surface area contributed by atoms with Crippen LogP contribution in [0.5, 0.6) is 11.5 Å². The SMILES string of the molecule is COc1ccc([C@@H]2CC(=O)Nc3nc(SCc4ccccc4C)[nH]c(=O)c32)c(OC)c1. The number of carbonyl (C=O) groups excluding carboxylic acids is 1. The molecule has 0 unspecified atom stereocenters. The second-order valence-electron chi connectivity index (χ2n) is 7.26. The van der Waals surface area contributed by atoms with E-state index in [9.17, 15) is 9.59 Å². The number of aromatic nitrogens is 2. The first-order valence-corrected chi connectivity index (χ1v) is 10.8. The maximum Gasteiger partial charge on any atom is 0.257 e. The lowest BCUT2D eigenvalue weighted by Gasteiger charge is -2.26. The minimum Gasteiger partial charge on any atom is -0.497 e. The highest BCUT2D eigenvalue weighted by Gasteiger charge is 2.32. The summed E-state index contributed by atoms with van der Waals surface area (Å²) in [6.45, 7) is 2.05. The fourth-order valence-electron chi connectivity index (χ4n) is 3.71. The third kappa shape index (κ3) is 4.29. The Hall–Kier alpha value is -3.26. The molecule has 1 aliphatic heterocycles. The molecule has 3 aromatic rings. The number of thioether (sulfide) groups is 1. The van der Waals surface area contributed by atoms with Gasteiger partial charge in [-0.3, -0.25) is 9.59 Å². The van der Waals surface area contributed by atoms with E-state index in [2.05, 4.69) is 15.3 Å². The van der Waals surface area contributed by atoms with Gasteiger partial charge in [0.05, 0.1) is 19.8 Å². The molecule has 0 saturated carbocycles. The number of methoxy groups -OCH3 is 2. The zero-order valence-electron chi connectivity index (χ0n) is 17.5. The Labute approximate surface area is 184 Å². The Balaban J connectivity index is 1.69. The van der Waals surface area contributed by atoms with E-state index in [0.717, 1.165) is 11.1 Å². The van der Waals surface area contributed by atoms with Gasteiger partial charge in [-0.1, -0.05) is 42.1 Å². The fourth-order valence-corrected chi connectivity index (χ4v) is 4.65. The van der Waals surface area contributed by atoms with E-state index in [1.807, 2.05) is 37.3 Å². The lowest BCUT2D eigenvalue weighted by atomic mass is 9.86. The summed E-state index contributed by atoms with van der Waals surface area (Å²) in [7, 11) is 3.12. The molecular weight excluding hydrogens is 414 g/mol. The van der Waals surface area contributed by atoms with Crippen LogP contribution in [0, 0.1) is 6.92 Å². The van der Waals surface area contributed by atoms with Crippen molar-refractivity contribution in [2.24, 2.45) is 0 Å². The first-order chi connectivity index (χ1) is 15.0. The van der Waals surface area contributed by atoms with Gasteiger partial charge in [-0.2, -0.15) is 0 Å². The summed E-state index contributed by atoms with van der Waals surface area (Å²) in [4.78, 5) is 32.9. The van der Waals surface area contributed by atoms with Crippen LogP contribution < -0.4 is 20.3 Å². The van der Waals surface area contributed by atoms with Crippen LogP contribution in [0.25, 0.3) is 0 Å². The molecule has 8 heteroatoms. The van der Waals surface area contributed by atoms with Crippen LogP contribution >= 0.6 is 11.8 Å². The van der Waals surface area contributed by atoms with Crippen molar-refractivity contribution < 1.29 is 14.3 Å². The van der Waals surface area contributed by atoms with Crippen molar-refractivity contribution in [1.29, 1.82) is 0 Å². The summed E-state index contributed by atoms with van der Waals surface area (Å²) in [6, 6.07) is 13.4. The fraction of sp³-hybridized carbons (Fsp3) is 0.261. The van der Waals surface area contributed by atoms with Crippen LogP contribution in [0.3, 0.4) is 0 Å². The van der Waals surface area contributed by atoms with E-state index < -0.39 is 5.92 Å². The Morgan fingerprint density at radius 2 is 1.94 bits per heavy atom. The van der Waals surface area contributed by atoms with E-state index in [4.69, 9.17) is 9.47 Å². The minimum absolute atomic E-state index is 0.135. The monoisotopic (exact) mass is 437 g/mol. The zero-order valence-corrected chi connectivity index (χ0v) is 18.3. The average Bonchev–Trinajstić information content (AvgIpc) is 2.77. The molecule has 1 amide bonds. The molecular formula is C23H23N3O4S. The Bertz CT molecular complexity index is 1190. The Morgan fingerprint density at radius 1 is 1.13 bits per heavy atom. The van der Waals surface area contributed by atoms with Crippen LogP contribution in [0.1, 0.15) is 34.6 Å². The standard InChI is InChI=1S/C23H23N3O4S/c1-13-6-4-5-7-14(13)12-31-23-25-21-20(22(28)26-23)17(11-19(27)24-21)16-9-8-15(29-2)10-18(16)30-3/h4-10,17H,11-12H2,1-3H3,(H2,24,25,26,27,28)/t17-/m0/s1. The summed E-state index contributed by atoms with van der Waals surface area (Å²) in [5.41, 5.74) is 3.25. The maximum absolute atomic E-state index is 13.1. The zero-order chi connectivity index (χ0) is 22.0. The first kappa shape index (κ1) is 21.0. The number of aryl methyl sites for hydroxylation is 1. The molecule has 7 nitrogen and oxygen atoms in total. The second-order valence-corrected chi connectivity index (χ2v) is 8.23. The molecule has 0 spiro atoms. The van der Waals surface area contributed by atoms with Crippen molar-refractivity contribution in [3.63, 3.8) is 0 Å². The van der Waals surface area contributed by atoms with E-state index in [0.29, 0.717) is 33.8 Å². The quantitative estimate of drug-likeness (QED) is 0.449. The van der Waals surface area contributed by atoms with Crippen LogP contribution in [0.15, 0.2) is 52.4 Å². The average molecular weight is 438 g/mol. The molecule has 2 heterocycles. The number of benzene rings is 2. The van der Waals surface area contributed by atoms with Crippen molar-refractivity contribution >= 4 is 23.5 Å². The third-order valence-electron chi connectivity index (χ3n) is 5.37. The van der Waals surface area contributed by atoms with Gasteiger partial charge in [-0.15, -0.1) is 0 Å². The number of nitrogens with one attached hydrogen (secondary N) is 2. The summed E-state index contributed by atoms with van der Waals surface area (Å²) in [5, 5.41) is 3.23. The number of hydrogen-bond acceptors (Lipinski definition) is 6. The molecule has 0 saturated heterocycles. The maximum atomic E-state index is 13.1. The van der Waals surface area contributed by atoms with Gasteiger partial charge in [0.1, 0.15) is 17.3 Å². The number of fused-ring (bicyclic) bond motifs is 1. The molecule has 2 aromatic carbocycles. The molecule has 0 fully saturated rings. The summed E-state index contributed by atoms with van der Waals surface area (Å²) in [5.74, 6) is 1.51. The van der Waals surface area contributed by atoms with Crippen molar-refractivity contribution in [3.05, 3.63) is 75.1 Å². The number of aromatic amines is 1. The largest absolute Gasteiger partial charge is 0.497 e. The van der Waals surface area contributed by atoms with Gasteiger partial charge in [0.2, 0.25) is 5.91 Å². The molecule has 4 rings (SSSR count). The van der Waals surface area contributed by atoms with Crippen LogP contribution in [-0.2, 0) is 10.5 Å². The number of H-pyrrole nitrogens is 1. The van der Waals surface area contributed by atoms with Crippen molar-refractivity contribution in [3.8, 4) is 11.5 Å². The Kier molecular flexibility index (Phi) is 5.99. The normalized spacial score (nSPS) is 15.2. The molecule has 31 heavy (non-hydrogen) atoms. The number of carbonyl (C=O) groups is 1. The predicted octanol–water partition coefficient (Wildman–Crippen LogP) is 3.86. The highest BCUT2D eigenvalue weighted by Crippen LogP contribution is 2.40. The highest BCUT2D eigenvalue weighted by molar-refractivity contribution is 7.98. The van der Waals surface area contributed by atoms with Crippen LogP contribution in [0.2, 0.25) is 0 Å². The number of ether oxygens (including phenoxy) is 2. The number of nitrogens with zero attached hydrogens (tertiary/aromatic N) is 1. The van der Waals surface area contributed by atoms with E-state index in [1.165, 1.54) is 17.3 Å². The van der Waals surface area contributed by atoms with Gasteiger partial charge in [-0.25, -0.2) is 4.98 Å². The molecule has 0 aliphatic carbocycles. The lowest BCUT2D eigenvalue weighted by Crippen LogP contribution is -2.31. The molecule has 0 radical (unpaired) electrons. The molecule has 0 bridgehead atoms. The summed E-state index contributed by atoms with van der Waals surface area (Å²) >= 11 is 1.43. The smallest absolute Gasteiger partial charge is 0.257 e. The van der Waals surface area contributed by atoms with Crippen molar-refractivity contribution in [1.82, 2.24) is 9.97 Å².